The van der Waals surface area contributed by atoms with Crippen LogP contribution >= 0.6 is 11.8 Å². The Morgan fingerprint density at radius 3 is 2.56 bits per heavy atom. The van der Waals surface area contributed by atoms with Crippen LogP contribution in [0.25, 0.3) is 0 Å². The molecule has 3 N–H and O–H groups in total. The Balaban J connectivity index is 1.43. The fraction of sp³-hybridized carbons (Fsp3) is 0.690. The maximum Gasteiger partial charge on any atom is 0.244 e. The third kappa shape index (κ3) is 5.21. The van der Waals surface area contributed by atoms with Crippen LogP contribution in [0.1, 0.15) is 33.6 Å². The van der Waals surface area contributed by atoms with Gasteiger partial charge in [-0.15, -0.1) is 11.8 Å². The van der Waals surface area contributed by atoms with Crippen molar-refractivity contribution in [1.82, 2.24) is 15.1 Å². The number of amides is 3. The Bertz CT molecular complexity index is 1050. The third-order valence-electron chi connectivity index (χ3n) is 8.95. The molecule has 10 heteroatoms. The first kappa shape index (κ1) is 28.4. The molecule has 1 aromatic carbocycles. The summed E-state index contributed by atoms with van der Waals surface area (Å²) in [6, 6.07) is 8.11. The number of carbonyl (C=O) groups excluding carboxylic acids is 3. The maximum absolute atomic E-state index is 14.3. The van der Waals surface area contributed by atoms with Crippen molar-refractivity contribution < 1.29 is 24.2 Å². The van der Waals surface area contributed by atoms with Crippen LogP contribution in [-0.2, 0) is 19.1 Å². The van der Waals surface area contributed by atoms with Crippen LogP contribution in [0.3, 0.4) is 0 Å². The molecule has 3 amide bonds. The lowest BCUT2D eigenvalue weighted by atomic mass is 9.66. The summed E-state index contributed by atoms with van der Waals surface area (Å²) in [5, 5.41) is 16.6. The molecule has 3 unspecified atom stereocenters. The lowest BCUT2D eigenvalue weighted by Crippen LogP contribution is -2.59. The van der Waals surface area contributed by atoms with Gasteiger partial charge in [-0.1, -0.05) is 39.0 Å². The molecule has 4 aliphatic heterocycles. The minimum absolute atomic E-state index is 0.0267. The molecule has 1 spiro atoms. The normalized spacial score (nSPS) is 32.9. The van der Waals surface area contributed by atoms with E-state index >= 15 is 0 Å². The van der Waals surface area contributed by atoms with E-state index in [4.69, 9.17) is 4.74 Å². The first-order valence-electron chi connectivity index (χ1n) is 14.3. The lowest BCUT2D eigenvalue weighted by Gasteiger charge is -2.40. The number of benzene rings is 1. The summed E-state index contributed by atoms with van der Waals surface area (Å²) in [7, 11) is 0. The van der Waals surface area contributed by atoms with Gasteiger partial charge in [0.2, 0.25) is 17.7 Å². The van der Waals surface area contributed by atoms with E-state index in [0.717, 1.165) is 26.1 Å². The van der Waals surface area contributed by atoms with Crippen molar-refractivity contribution in [2.45, 2.75) is 55.7 Å². The van der Waals surface area contributed by atoms with Crippen LogP contribution in [-0.4, -0.2) is 101 Å². The van der Waals surface area contributed by atoms with Gasteiger partial charge in [-0.3, -0.25) is 19.3 Å². The molecular formula is C29H42N4O5S. The Hall–Kier alpha value is -2.14. The number of fused-ring (bicyclic) bond motifs is 1. The highest BCUT2D eigenvalue weighted by Crippen LogP contribution is 2.68. The van der Waals surface area contributed by atoms with Gasteiger partial charge >= 0.3 is 0 Å². The number of ether oxygens (including phenoxy) is 1. The van der Waals surface area contributed by atoms with Gasteiger partial charge in [-0.2, -0.15) is 0 Å². The average molecular weight is 559 g/mol. The first-order valence-corrected chi connectivity index (χ1v) is 15.2. The topological polar surface area (TPSA) is 111 Å². The Morgan fingerprint density at radius 2 is 1.90 bits per heavy atom. The minimum Gasteiger partial charge on any atom is -0.394 e. The predicted molar refractivity (Wildman–Crippen MR) is 151 cm³/mol. The molecule has 39 heavy (non-hydrogen) atoms. The minimum atomic E-state index is -0.727. The third-order valence-corrected chi connectivity index (χ3v) is 11.0. The van der Waals surface area contributed by atoms with E-state index in [2.05, 4.69) is 36.3 Å². The summed E-state index contributed by atoms with van der Waals surface area (Å²) in [5.41, 5.74) is 0.699. The molecule has 0 radical (unpaired) electrons. The molecule has 1 aromatic rings. The summed E-state index contributed by atoms with van der Waals surface area (Å²) in [6.07, 6.45) is 1.37. The smallest absolute Gasteiger partial charge is 0.244 e. The number of likely N-dealkylation sites (tertiary alicyclic amines) is 1. The molecule has 7 atom stereocenters. The molecule has 0 aromatic heterocycles. The van der Waals surface area contributed by atoms with Crippen molar-refractivity contribution in [2.24, 2.45) is 23.7 Å². The summed E-state index contributed by atoms with van der Waals surface area (Å²) in [4.78, 5) is 46.0. The molecule has 0 saturated carbocycles. The van der Waals surface area contributed by atoms with Crippen LogP contribution in [0.5, 0.6) is 0 Å². The zero-order valence-electron chi connectivity index (χ0n) is 23.2. The number of nitrogens with one attached hydrogen (secondary N) is 2. The number of carbonyl (C=O) groups is 3. The van der Waals surface area contributed by atoms with Crippen LogP contribution in [0, 0.1) is 23.7 Å². The van der Waals surface area contributed by atoms with Gasteiger partial charge in [0.15, 0.2) is 0 Å². The zero-order valence-corrected chi connectivity index (χ0v) is 24.0. The maximum atomic E-state index is 14.3. The van der Waals surface area contributed by atoms with E-state index in [0.29, 0.717) is 31.9 Å². The molecular weight excluding hydrogens is 516 g/mol. The lowest BCUT2D eigenvalue weighted by molar-refractivity contribution is -0.142. The molecule has 4 heterocycles. The van der Waals surface area contributed by atoms with Gasteiger partial charge in [-0.05, 0) is 36.8 Å². The van der Waals surface area contributed by atoms with Gasteiger partial charge in [-0.25, -0.2) is 0 Å². The number of morpholine rings is 1. The fourth-order valence-electron chi connectivity index (χ4n) is 7.28. The second-order valence-corrected chi connectivity index (χ2v) is 13.4. The van der Waals surface area contributed by atoms with Gasteiger partial charge in [0.05, 0.1) is 42.4 Å². The van der Waals surface area contributed by atoms with Gasteiger partial charge in [0.1, 0.15) is 6.04 Å². The Kier molecular flexibility index (Phi) is 8.56. The van der Waals surface area contributed by atoms with Gasteiger partial charge in [0.25, 0.3) is 0 Å². The van der Waals surface area contributed by atoms with Crippen molar-refractivity contribution in [3.63, 3.8) is 0 Å². The van der Waals surface area contributed by atoms with Crippen molar-refractivity contribution in [3.05, 3.63) is 30.3 Å². The number of hydrogen-bond donors (Lipinski definition) is 3. The van der Waals surface area contributed by atoms with Crippen LogP contribution in [0.4, 0.5) is 5.69 Å². The fourth-order valence-corrected chi connectivity index (χ4v) is 9.69. The number of hydrogen-bond acceptors (Lipinski definition) is 7. The SMILES string of the molecule is CC(C)C[C@H](CO)N1C(=O)[C@@H]2[C@@H](C(=O)Nc3ccccc3)[C@H]3CC(C)C2(S3)C1C(=O)NCCN1CCOCC1. The highest BCUT2D eigenvalue weighted by atomic mass is 32.2. The number of nitrogens with zero attached hydrogens (tertiary/aromatic N) is 2. The van der Waals surface area contributed by atoms with Gasteiger partial charge in [0, 0.05) is 37.1 Å². The summed E-state index contributed by atoms with van der Waals surface area (Å²) < 4.78 is 4.73. The van der Waals surface area contributed by atoms with Crippen LogP contribution in [0.15, 0.2) is 30.3 Å². The summed E-state index contributed by atoms with van der Waals surface area (Å²) >= 11 is 1.66. The molecule has 214 valence electrons. The number of para-hydroxylation sites is 1. The second kappa shape index (κ2) is 11.8. The first-order chi connectivity index (χ1) is 18.8. The van der Waals surface area contributed by atoms with Crippen molar-refractivity contribution in [3.8, 4) is 0 Å². The molecule has 4 aliphatic rings. The molecule has 9 nitrogen and oxygen atoms in total. The number of thioether (sulfide) groups is 1. The molecule has 4 fully saturated rings. The predicted octanol–water partition coefficient (Wildman–Crippen LogP) is 1.82. The molecule has 5 rings (SSSR count). The second-order valence-electron chi connectivity index (χ2n) is 11.9. The summed E-state index contributed by atoms with van der Waals surface area (Å²) in [5.74, 6) is -1.31. The molecule has 0 aliphatic carbocycles. The van der Waals surface area contributed by atoms with E-state index in [1.54, 1.807) is 16.7 Å². The largest absolute Gasteiger partial charge is 0.394 e. The monoisotopic (exact) mass is 558 g/mol. The summed E-state index contributed by atoms with van der Waals surface area (Å²) in [6.45, 7) is 10.3. The van der Waals surface area contributed by atoms with Crippen molar-refractivity contribution in [1.29, 1.82) is 0 Å². The number of rotatable bonds is 10. The Morgan fingerprint density at radius 1 is 1.18 bits per heavy atom. The van der Waals surface area contributed by atoms with E-state index in [-0.39, 0.29) is 41.4 Å². The van der Waals surface area contributed by atoms with Crippen LogP contribution in [0.2, 0.25) is 0 Å². The van der Waals surface area contributed by atoms with Crippen molar-refractivity contribution >= 4 is 35.2 Å². The standard InChI is InChI=1S/C29H42N4O5S/c1-18(2)15-21(17-34)33-25(27(36)30-9-10-32-11-13-38-14-12-32)29-19(3)16-22(39-29)23(24(29)28(33)37)26(35)31-20-7-5-4-6-8-20/h4-8,18-19,21-25,34H,9-17H2,1-3H3,(H,30,36)(H,31,35)/t19?,21-,22-,23+,24+,25?,29?/m1/s1. The van der Waals surface area contributed by atoms with Gasteiger partial charge < -0.3 is 25.4 Å². The Labute approximate surface area is 235 Å². The van der Waals surface area contributed by atoms with E-state index < -0.39 is 28.7 Å². The number of anilines is 1. The van der Waals surface area contributed by atoms with E-state index in [1.165, 1.54) is 0 Å². The molecule has 2 bridgehead atoms. The van der Waals surface area contributed by atoms with E-state index in [1.807, 2.05) is 30.3 Å². The highest BCUT2D eigenvalue weighted by molar-refractivity contribution is 8.02. The molecule has 4 saturated heterocycles. The highest BCUT2D eigenvalue weighted by Gasteiger charge is 2.76. The number of aliphatic hydroxyl groups is 1. The number of aliphatic hydroxyl groups excluding tert-OH is 1. The quantitative estimate of drug-likeness (QED) is 0.402. The van der Waals surface area contributed by atoms with E-state index in [9.17, 15) is 19.5 Å². The van der Waals surface area contributed by atoms with Crippen LogP contribution < -0.4 is 10.6 Å². The average Bonchev–Trinajstić information content (AvgIpc) is 3.52. The zero-order chi connectivity index (χ0) is 27.7. The van der Waals surface area contributed by atoms with Crippen molar-refractivity contribution in [2.75, 3.05) is 51.3 Å².